The van der Waals surface area contributed by atoms with Crippen LogP contribution in [0.2, 0.25) is 0 Å². The van der Waals surface area contributed by atoms with Gasteiger partial charge in [0.25, 0.3) is 5.91 Å². The minimum atomic E-state index is -1.10. The summed E-state index contributed by atoms with van der Waals surface area (Å²) in [6, 6.07) is 16.6. The first kappa shape index (κ1) is 22.8. The largest absolute Gasteiger partial charge is 0.480 e. The minimum Gasteiger partial charge on any atom is -0.480 e. The number of benzene rings is 3. The Morgan fingerprint density at radius 2 is 1.50 bits per heavy atom. The summed E-state index contributed by atoms with van der Waals surface area (Å²) < 4.78 is 0. The summed E-state index contributed by atoms with van der Waals surface area (Å²) in [4.78, 5) is 37.5. The Labute approximate surface area is 186 Å². The molecule has 0 aromatic heterocycles. The van der Waals surface area contributed by atoms with Crippen LogP contribution in [-0.4, -0.2) is 29.1 Å². The number of carbonyl (C=O) groups is 3. The Balaban J connectivity index is 1.93. The third-order valence-electron chi connectivity index (χ3n) is 5.54. The third kappa shape index (κ3) is 5.24. The third-order valence-corrected chi connectivity index (χ3v) is 5.54. The zero-order chi connectivity index (χ0) is 23.3. The van der Waals surface area contributed by atoms with E-state index in [2.05, 4.69) is 16.0 Å². The highest BCUT2D eigenvalue weighted by Crippen LogP contribution is 2.25. The van der Waals surface area contributed by atoms with E-state index in [0.717, 1.165) is 16.3 Å². The SMILES string of the molecule is CCC(C)[C@H](NC(=O)c1cc2ccccc2cc1NC(=O)Nc1ccccc1C)C(=O)O. The Bertz CT molecular complexity index is 1160. The highest BCUT2D eigenvalue weighted by atomic mass is 16.4. The summed E-state index contributed by atoms with van der Waals surface area (Å²) in [5.74, 6) is -1.91. The molecule has 0 spiro atoms. The molecule has 0 bridgehead atoms. The fraction of sp³-hybridized carbons (Fsp3) is 0.240. The number of carbonyl (C=O) groups excluding carboxylic acids is 2. The number of amides is 3. The zero-order valence-corrected chi connectivity index (χ0v) is 18.3. The van der Waals surface area contributed by atoms with Crippen LogP contribution in [0, 0.1) is 12.8 Å². The molecule has 1 unspecified atom stereocenters. The van der Waals surface area contributed by atoms with Crippen LogP contribution in [0.3, 0.4) is 0 Å². The van der Waals surface area contributed by atoms with Crippen LogP contribution < -0.4 is 16.0 Å². The van der Waals surface area contributed by atoms with Gasteiger partial charge in [-0.1, -0.05) is 62.7 Å². The lowest BCUT2D eigenvalue weighted by atomic mass is 9.98. The number of hydrogen-bond donors (Lipinski definition) is 4. The van der Waals surface area contributed by atoms with Crippen molar-refractivity contribution in [3.05, 3.63) is 71.8 Å². The predicted molar refractivity (Wildman–Crippen MR) is 126 cm³/mol. The summed E-state index contributed by atoms with van der Waals surface area (Å²) in [5, 5.41) is 19.3. The molecule has 0 aliphatic carbocycles. The number of hydrogen-bond acceptors (Lipinski definition) is 3. The van der Waals surface area contributed by atoms with Gasteiger partial charge < -0.3 is 21.1 Å². The first-order valence-electron chi connectivity index (χ1n) is 10.5. The molecular formula is C25H27N3O4. The highest BCUT2D eigenvalue weighted by Gasteiger charge is 2.27. The molecule has 0 saturated carbocycles. The van der Waals surface area contributed by atoms with E-state index in [1.165, 1.54) is 0 Å². The van der Waals surface area contributed by atoms with Gasteiger partial charge in [0, 0.05) is 5.69 Å². The molecule has 7 heteroatoms. The molecule has 0 heterocycles. The highest BCUT2D eigenvalue weighted by molar-refractivity contribution is 6.10. The van der Waals surface area contributed by atoms with E-state index in [4.69, 9.17) is 0 Å². The molecule has 3 aromatic rings. The summed E-state index contributed by atoms with van der Waals surface area (Å²) in [6.45, 7) is 5.52. The molecule has 3 amide bonds. The fourth-order valence-corrected chi connectivity index (χ4v) is 3.42. The number of rotatable bonds is 7. The van der Waals surface area contributed by atoms with Gasteiger partial charge in [0.2, 0.25) is 0 Å². The quantitative estimate of drug-likeness (QED) is 0.419. The number of carboxylic acid groups (broad SMARTS) is 1. The van der Waals surface area contributed by atoms with Crippen LogP contribution in [0.5, 0.6) is 0 Å². The van der Waals surface area contributed by atoms with Gasteiger partial charge in [0.15, 0.2) is 0 Å². The number of para-hydroxylation sites is 1. The molecule has 2 atom stereocenters. The second kappa shape index (κ2) is 9.96. The monoisotopic (exact) mass is 433 g/mol. The molecule has 32 heavy (non-hydrogen) atoms. The van der Waals surface area contributed by atoms with Gasteiger partial charge in [0.1, 0.15) is 6.04 Å². The van der Waals surface area contributed by atoms with E-state index in [1.807, 2.05) is 56.3 Å². The van der Waals surface area contributed by atoms with E-state index in [0.29, 0.717) is 17.8 Å². The second-order valence-electron chi connectivity index (χ2n) is 7.81. The lowest BCUT2D eigenvalue weighted by Gasteiger charge is -2.21. The summed E-state index contributed by atoms with van der Waals surface area (Å²) in [6.07, 6.45) is 0.596. The Morgan fingerprint density at radius 1 is 0.906 bits per heavy atom. The van der Waals surface area contributed by atoms with Gasteiger partial charge in [-0.05, 0) is 47.4 Å². The molecule has 0 saturated heterocycles. The second-order valence-corrected chi connectivity index (χ2v) is 7.81. The van der Waals surface area contributed by atoms with Crippen LogP contribution >= 0.6 is 0 Å². The normalized spacial score (nSPS) is 12.6. The van der Waals surface area contributed by atoms with Crippen molar-refractivity contribution in [1.29, 1.82) is 0 Å². The number of fused-ring (bicyclic) bond motifs is 1. The van der Waals surface area contributed by atoms with Crippen molar-refractivity contribution in [3.8, 4) is 0 Å². The van der Waals surface area contributed by atoms with Crippen LogP contribution in [-0.2, 0) is 4.79 Å². The number of carboxylic acids is 1. The molecule has 0 radical (unpaired) electrons. The van der Waals surface area contributed by atoms with Crippen LogP contribution in [0.25, 0.3) is 10.8 Å². The van der Waals surface area contributed by atoms with E-state index in [-0.39, 0.29) is 11.5 Å². The van der Waals surface area contributed by atoms with Gasteiger partial charge in [0.05, 0.1) is 11.3 Å². The molecule has 3 aromatic carbocycles. The summed E-state index contributed by atoms with van der Waals surface area (Å²) in [5.41, 5.74) is 2.04. The maximum absolute atomic E-state index is 13.1. The van der Waals surface area contributed by atoms with Crippen molar-refractivity contribution in [2.75, 3.05) is 10.6 Å². The molecule has 0 aliphatic heterocycles. The lowest BCUT2D eigenvalue weighted by molar-refractivity contribution is -0.140. The van der Waals surface area contributed by atoms with E-state index in [9.17, 15) is 19.5 Å². The first-order chi connectivity index (χ1) is 15.3. The van der Waals surface area contributed by atoms with Gasteiger partial charge in [-0.15, -0.1) is 0 Å². The Morgan fingerprint density at radius 3 is 2.12 bits per heavy atom. The maximum atomic E-state index is 13.1. The lowest BCUT2D eigenvalue weighted by Crippen LogP contribution is -2.45. The molecule has 4 N–H and O–H groups in total. The first-order valence-corrected chi connectivity index (χ1v) is 10.5. The zero-order valence-electron chi connectivity index (χ0n) is 18.3. The van der Waals surface area contributed by atoms with Crippen molar-refractivity contribution >= 4 is 40.1 Å². The van der Waals surface area contributed by atoms with Crippen molar-refractivity contribution in [2.45, 2.75) is 33.2 Å². The van der Waals surface area contributed by atoms with Gasteiger partial charge in [-0.2, -0.15) is 0 Å². The summed E-state index contributed by atoms with van der Waals surface area (Å²) >= 11 is 0. The van der Waals surface area contributed by atoms with E-state index in [1.54, 1.807) is 25.1 Å². The van der Waals surface area contributed by atoms with Crippen LogP contribution in [0.15, 0.2) is 60.7 Å². The van der Waals surface area contributed by atoms with Crippen molar-refractivity contribution in [1.82, 2.24) is 5.32 Å². The average Bonchev–Trinajstić information content (AvgIpc) is 2.77. The molecule has 0 aliphatic rings. The fourth-order valence-electron chi connectivity index (χ4n) is 3.42. The average molecular weight is 434 g/mol. The number of anilines is 2. The smallest absolute Gasteiger partial charge is 0.326 e. The summed E-state index contributed by atoms with van der Waals surface area (Å²) in [7, 11) is 0. The number of nitrogens with one attached hydrogen (secondary N) is 3. The standard InChI is InChI=1S/C25H27N3O4/c1-4-15(2)22(24(30)31)28-23(29)19-13-17-10-6-7-11-18(17)14-21(19)27-25(32)26-20-12-8-5-9-16(20)3/h5-15,22H,4H2,1-3H3,(H,28,29)(H,30,31)(H2,26,27,32)/t15?,22-/m0/s1. The Hall–Kier alpha value is -3.87. The molecule has 7 nitrogen and oxygen atoms in total. The Kier molecular flexibility index (Phi) is 7.10. The van der Waals surface area contributed by atoms with E-state index >= 15 is 0 Å². The van der Waals surface area contributed by atoms with Gasteiger partial charge >= 0.3 is 12.0 Å². The molecule has 3 rings (SSSR count). The maximum Gasteiger partial charge on any atom is 0.326 e. The van der Waals surface area contributed by atoms with E-state index < -0.39 is 23.9 Å². The number of aryl methyl sites for hydroxylation is 1. The van der Waals surface area contributed by atoms with Crippen molar-refractivity contribution in [3.63, 3.8) is 0 Å². The topological polar surface area (TPSA) is 108 Å². The number of urea groups is 1. The van der Waals surface area contributed by atoms with Crippen molar-refractivity contribution in [2.24, 2.45) is 5.92 Å². The molecular weight excluding hydrogens is 406 g/mol. The van der Waals surface area contributed by atoms with Gasteiger partial charge in [-0.3, -0.25) is 4.79 Å². The molecule has 166 valence electrons. The number of aliphatic carboxylic acids is 1. The minimum absolute atomic E-state index is 0.193. The predicted octanol–water partition coefficient (Wildman–Crippen LogP) is 5.02. The van der Waals surface area contributed by atoms with Crippen molar-refractivity contribution < 1.29 is 19.5 Å². The molecule has 0 fully saturated rings. The van der Waals surface area contributed by atoms with Gasteiger partial charge in [-0.25, -0.2) is 9.59 Å². The van der Waals surface area contributed by atoms with Crippen LogP contribution in [0.4, 0.5) is 16.2 Å². The van der Waals surface area contributed by atoms with Crippen LogP contribution in [0.1, 0.15) is 36.2 Å².